The van der Waals surface area contributed by atoms with E-state index in [1.807, 2.05) is 18.2 Å². The molecule has 0 saturated carbocycles. The number of carbonyl (C=O) groups is 1. The maximum Gasteiger partial charge on any atom is 0.323 e. The first kappa shape index (κ1) is 21.2. The summed E-state index contributed by atoms with van der Waals surface area (Å²) in [5, 5.41) is 5.48. The van der Waals surface area contributed by atoms with Crippen LogP contribution in [-0.4, -0.2) is 61.4 Å². The Hall–Kier alpha value is -4.08. The molecule has 2 N–H and O–H groups in total. The molecule has 2 amide bonds. The fourth-order valence-corrected chi connectivity index (χ4v) is 3.43. The molecule has 1 aromatic carbocycles. The molecule has 0 unspecified atom stereocenters. The third kappa shape index (κ3) is 4.97. The maximum absolute atomic E-state index is 12.3. The van der Waals surface area contributed by atoms with Gasteiger partial charge in [-0.15, -0.1) is 0 Å². The van der Waals surface area contributed by atoms with Crippen molar-refractivity contribution < 1.29 is 14.3 Å². The predicted molar refractivity (Wildman–Crippen MR) is 123 cm³/mol. The molecule has 0 spiro atoms. The van der Waals surface area contributed by atoms with Gasteiger partial charge in [-0.3, -0.25) is 0 Å². The molecule has 1 fully saturated rings. The van der Waals surface area contributed by atoms with Crippen molar-refractivity contribution in [2.75, 3.05) is 60.8 Å². The van der Waals surface area contributed by atoms with Gasteiger partial charge in [-0.2, -0.15) is 0 Å². The van der Waals surface area contributed by atoms with Gasteiger partial charge in [0.05, 0.1) is 32.3 Å². The van der Waals surface area contributed by atoms with Crippen LogP contribution in [0.1, 0.15) is 0 Å². The maximum atomic E-state index is 12.3. The minimum Gasteiger partial charge on any atom is -0.493 e. The van der Waals surface area contributed by atoms with Crippen LogP contribution in [0.15, 0.2) is 55.0 Å². The number of pyridine rings is 1. The minimum atomic E-state index is -0.405. The number of amides is 2. The van der Waals surface area contributed by atoms with E-state index >= 15 is 0 Å². The summed E-state index contributed by atoms with van der Waals surface area (Å²) in [5.41, 5.74) is 1.07. The fraction of sp³-hybridized carbons (Fsp3) is 0.273. The number of hydrogen-bond acceptors (Lipinski definition) is 8. The summed E-state index contributed by atoms with van der Waals surface area (Å²) in [6.45, 7) is 3.27. The third-order valence-corrected chi connectivity index (χ3v) is 5.07. The highest BCUT2D eigenvalue weighted by Gasteiger charge is 2.19. The highest BCUT2D eigenvalue weighted by molar-refractivity contribution is 5.99. The number of aromatic nitrogens is 3. The second kappa shape index (κ2) is 9.82. The Bertz CT molecular complexity index is 1040. The van der Waals surface area contributed by atoms with Crippen molar-refractivity contribution in [3.63, 3.8) is 0 Å². The smallest absolute Gasteiger partial charge is 0.323 e. The van der Waals surface area contributed by atoms with E-state index in [4.69, 9.17) is 9.47 Å². The molecular weight excluding hydrogens is 410 g/mol. The van der Waals surface area contributed by atoms with Gasteiger partial charge >= 0.3 is 6.03 Å². The van der Waals surface area contributed by atoms with Gasteiger partial charge in [0.1, 0.15) is 5.82 Å². The average Bonchev–Trinajstić information content (AvgIpc) is 2.85. The molecule has 0 bridgehead atoms. The lowest BCUT2D eigenvalue weighted by Crippen LogP contribution is -2.47. The van der Waals surface area contributed by atoms with Crippen molar-refractivity contribution >= 4 is 29.2 Å². The van der Waals surface area contributed by atoms with E-state index in [9.17, 15) is 4.79 Å². The van der Waals surface area contributed by atoms with E-state index in [1.165, 1.54) is 0 Å². The van der Waals surface area contributed by atoms with Crippen molar-refractivity contribution in [3.8, 4) is 11.5 Å². The van der Waals surface area contributed by atoms with E-state index in [2.05, 4.69) is 35.4 Å². The Kier molecular flexibility index (Phi) is 6.49. The van der Waals surface area contributed by atoms with Crippen LogP contribution < -0.4 is 29.9 Å². The van der Waals surface area contributed by atoms with Crippen LogP contribution in [0.25, 0.3) is 0 Å². The van der Waals surface area contributed by atoms with Crippen molar-refractivity contribution in [1.29, 1.82) is 0 Å². The Morgan fingerprint density at radius 2 is 1.53 bits per heavy atom. The second-order valence-corrected chi connectivity index (χ2v) is 7.08. The number of piperazine rings is 1. The molecule has 0 aliphatic carbocycles. The molecule has 3 aromatic rings. The number of ether oxygens (including phenoxy) is 2. The number of urea groups is 1. The number of nitrogens with zero attached hydrogens (tertiary/aromatic N) is 5. The number of rotatable bonds is 6. The zero-order valence-electron chi connectivity index (χ0n) is 18.0. The molecule has 4 rings (SSSR count). The van der Waals surface area contributed by atoms with Crippen molar-refractivity contribution in [2.24, 2.45) is 0 Å². The molecule has 1 aliphatic heterocycles. The Morgan fingerprint density at radius 3 is 2.19 bits per heavy atom. The predicted octanol–water partition coefficient (Wildman–Crippen LogP) is 2.86. The number of hydrogen-bond donors (Lipinski definition) is 2. The SMILES string of the molecule is COc1ccc(NC(=O)Nc2cnc(N3CCN(c4ccccn4)CC3)nc2)cc1OC. The van der Waals surface area contributed by atoms with E-state index in [1.54, 1.807) is 51.0 Å². The number of nitrogens with one attached hydrogen (secondary N) is 2. The summed E-state index contributed by atoms with van der Waals surface area (Å²) in [6.07, 6.45) is 5.00. The first-order valence-electron chi connectivity index (χ1n) is 10.2. The molecule has 166 valence electrons. The van der Waals surface area contributed by atoms with E-state index in [0.29, 0.717) is 28.8 Å². The molecule has 0 radical (unpaired) electrons. The lowest BCUT2D eigenvalue weighted by Gasteiger charge is -2.35. The molecule has 0 atom stereocenters. The number of benzene rings is 1. The highest BCUT2D eigenvalue weighted by atomic mass is 16.5. The highest BCUT2D eigenvalue weighted by Crippen LogP contribution is 2.29. The monoisotopic (exact) mass is 435 g/mol. The molecular formula is C22H25N7O3. The zero-order valence-corrected chi connectivity index (χ0v) is 18.0. The van der Waals surface area contributed by atoms with Gasteiger partial charge in [0.15, 0.2) is 11.5 Å². The topological polar surface area (TPSA) is 105 Å². The van der Waals surface area contributed by atoms with Gasteiger partial charge in [0.2, 0.25) is 5.95 Å². The van der Waals surface area contributed by atoms with Crippen LogP contribution >= 0.6 is 0 Å². The summed E-state index contributed by atoms with van der Waals surface area (Å²) >= 11 is 0. The van der Waals surface area contributed by atoms with Gasteiger partial charge in [0.25, 0.3) is 0 Å². The van der Waals surface area contributed by atoms with Gasteiger partial charge < -0.3 is 29.9 Å². The summed E-state index contributed by atoms with van der Waals surface area (Å²) in [4.78, 5) is 29.9. The molecule has 10 nitrogen and oxygen atoms in total. The third-order valence-electron chi connectivity index (χ3n) is 5.07. The lowest BCUT2D eigenvalue weighted by molar-refractivity contribution is 0.262. The van der Waals surface area contributed by atoms with Gasteiger partial charge in [0, 0.05) is 44.1 Å². The zero-order chi connectivity index (χ0) is 22.3. The van der Waals surface area contributed by atoms with Crippen LogP contribution in [-0.2, 0) is 0 Å². The largest absolute Gasteiger partial charge is 0.493 e. The summed E-state index contributed by atoms with van der Waals surface area (Å²) in [5.74, 6) is 2.73. The standard InChI is InChI=1S/C22H25N7O3/c1-31-18-7-6-16(13-19(18)32-2)26-22(30)27-17-14-24-21(25-15-17)29-11-9-28(10-12-29)20-5-3-4-8-23-20/h3-8,13-15H,9-12H2,1-2H3,(H2,26,27,30). The van der Waals surface area contributed by atoms with E-state index in [-0.39, 0.29) is 0 Å². The number of methoxy groups -OCH3 is 2. The quantitative estimate of drug-likeness (QED) is 0.609. The van der Waals surface area contributed by atoms with Crippen LogP contribution in [0.4, 0.5) is 27.9 Å². The number of anilines is 4. The average molecular weight is 435 g/mol. The molecule has 10 heteroatoms. The van der Waals surface area contributed by atoms with Crippen LogP contribution in [0.2, 0.25) is 0 Å². The Balaban J connectivity index is 1.31. The molecule has 1 saturated heterocycles. The van der Waals surface area contributed by atoms with Gasteiger partial charge in [-0.05, 0) is 24.3 Å². The lowest BCUT2D eigenvalue weighted by atomic mass is 10.3. The summed E-state index contributed by atoms with van der Waals surface area (Å²) in [7, 11) is 3.10. The van der Waals surface area contributed by atoms with Gasteiger partial charge in [-0.1, -0.05) is 6.07 Å². The molecule has 2 aromatic heterocycles. The molecule has 3 heterocycles. The fourth-order valence-electron chi connectivity index (χ4n) is 3.43. The minimum absolute atomic E-state index is 0.405. The van der Waals surface area contributed by atoms with Gasteiger partial charge in [-0.25, -0.2) is 19.7 Å². The first-order valence-corrected chi connectivity index (χ1v) is 10.2. The Labute approximate surface area is 186 Å². The van der Waals surface area contributed by atoms with Crippen LogP contribution in [0, 0.1) is 0 Å². The normalized spacial score (nSPS) is 13.4. The van der Waals surface area contributed by atoms with Crippen LogP contribution in [0.5, 0.6) is 11.5 Å². The number of carbonyl (C=O) groups excluding carboxylic acids is 1. The van der Waals surface area contributed by atoms with E-state index < -0.39 is 6.03 Å². The molecule has 1 aliphatic rings. The van der Waals surface area contributed by atoms with Crippen molar-refractivity contribution in [1.82, 2.24) is 15.0 Å². The van der Waals surface area contributed by atoms with E-state index in [0.717, 1.165) is 32.0 Å². The summed E-state index contributed by atoms with van der Waals surface area (Å²) in [6, 6.07) is 10.6. The second-order valence-electron chi connectivity index (χ2n) is 7.08. The van der Waals surface area contributed by atoms with Crippen molar-refractivity contribution in [2.45, 2.75) is 0 Å². The molecule has 32 heavy (non-hydrogen) atoms. The Morgan fingerprint density at radius 1 is 0.844 bits per heavy atom. The van der Waals surface area contributed by atoms with Crippen LogP contribution in [0.3, 0.4) is 0 Å². The first-order chi connectivity index (χ1) is 15.7. The van der Waals surface area contributed by atoms with Crippen molar-refractivity contribution in [3.05, 3.63) is 55.0 Å². The summed E-state index contributed by atoms with van der Waals surface area (Å²) < 4.78 is 10.5.